The van der Waals surface area contributed by atoms with E-state index in [1.54, 1.807) is 6.66 Å². The molecule has 714 valence electrons. The van der Waals surface area contributed by atoms with E-state index in [2.05, 4.69) is 12.8 Å². The summed E-state index contributed by atoms with van der Waals surface area (Å²) >= 11 is 0. The van der Waals surface area contributed by atoms with E-state index in [0.717, 1.165) is 51.4 Å². The van der Waals surface area contributed by atoms with Crippen molar-refractivity contribution in [3.05, 3.63) is 38.5 Å². The maximum atomic E-state index is 12.3. The largest absolute Gasteiger partial charge is 2.00 e. The molecule has 22 unspecified atom stereocenters. The second-order valence-electron chi connectivity index (χ2n) is 35.1. The van der Waals surface area contributed by atoms with Crippen molar-refractivity contribution in [2.75, 3.05) is 73.0 Å². The second-order valence-corrected chi connectivity index (χ2v) is 46.9. The minimum absolute atomic E-state index is 0. The summed E-state index contributed by atoms with van der Waals surface area (Å²) in [6.07, 6.45) is 18.6. The van der Waals surface area contributed by atoms with Crippen LogP contribution in [0.3, 0.4) is 0 Å². The first kappa shape index (κ1) is 144. The van der Waals surface area contributed by atoms with Crippen LogP contribution < -0.4 is 0 Å². The van der Waals surface area contributed by atoms with E-state index in [0.29, 0.717) is 71.6 Å². The summed E-state index contributed by atoms with van der Waals surface area (Å²) in [6, 6.07) is 0. The van der Waals surface area contributed by atoms with Crippen LogP contribution in [0.25, 0.3) is 0 Å². The van der Waals surface area contributed by atoms with Gasteiger partial charge in [-0.1, -0.05) is 25.0 Å². The Bertz CT molecular complexity index is 2830. The van der Waals surface area contributed by atoms with Crippen LogP contribution in [0.4, 0.5) is 0 Å². The van der Waals surface area contributed by atoms with Crippen molar-refractivity contribution >= 4 is 339 Å². The molecule has 0 spiro atoms. The van der Waals surface area contributed by atoms with E-state index in [1.807, 2.05) is 192 Å². The molecule has 0 amide bonds. The molecule has 40 heteroatoms. The molecule has 0 heterocycles. The van der Waals surface area contributed by atoms with Gasteiger partial charge in [-0.2, -0.15) is 57.8 Å². The van der Waals surface area contributed by atoms with Gasteiger partial charge in [0.1, 0.15) is 0 Å². The standard InChI is InChI=1S/4C14H28O5P.C14H28O4P.C13H26O4P.6Ba.6H/c2*1-10(2)17-9-12-6-7-13(15)8-14(12)19-20(5,16)18-11(3)4;2*1-10(2)17-9-12-7-6-8-13(15)14(12)19-20(5,16)18-11(3)4;1-11(2)16-10-13-8-6-7-9-14(13)18-19(5,15)17-12(3)4;1-10(2)15-12-8-6-7-9-13(12)17-18(5,14)16-11(3)4;;;;;;;;;;;;/h2*7,10-15H,6,8-9H2,1-5H3;2*6,10-15H,7-9H2,1-5H3;6,11-14H,7-10H2,1-5H3;7,10-13H,6,8-9H2,1-5H3;;;;;;;;;;;;/q6*-1;6*+2;6*-1. The Hall–Kier alpha value is 9.93. The quantitative estimate of drug-likeness (QED) is 0.0251. The second kappa shape index (κ2) is 75.6. The van der Waals surface area contributed by atoms with Crippen LogP contribution in [0.2, 0.25) is 0 Å². The van der Waals surface area contributed by atoms with Crippen LogP contribution >= 0.6 is 45.6 Å². The molecule has 0 aromatic rings. The molecule has 6 fully saturated rings. The van der Waals surface area contributed by atoms with Gasteiger partial charge in [-0.05, 0) is 209 Å². The first-order chi connectivity index (χ1) is 53.9. The molecule has 6 saturated carbocycles. The molecular formula is C83H172Ba6O28P6. The van der Waals surface area contributed by atoms with E-state index in [9.17, 15) is 47.8 Å². The molecule has 0 aliphatic heterocycles. The summed E-state index contributed by atoms with van der Waals surface area (Å²) in [6.45, 7) is 57.5. The normalized spacial score (nSPS) is 28.4. The van der Waals surface area contributed by atoms with E-state index in [1.165, 1.54) is 33.3 Å². The van der Waals surface area contributed by atoms with Crippen molar-refractivity contribution in [3.63, 3.8) is 0 Å². The molecule has 0 saturated heterocycles. The zero-order valence-electron chi connectivity index (χ0n) is 87.6. The molecule has 6 aliphatic rings. The first-order valence-electron chi connectivity index (χ1n) is 43.0. The van der Waals surface area contributed by atoms with Crippen molar-refractivity contribution in [3.8, 4) is 0 Å². The van der Waals surface area contributed by atoms with Crippen LogP contribution in [0.15, 0.2) is 0 Å². The SMILES string of the molecule is CC(C)OC1CC[CH-]CC1OP(C)(=O)OC(C)C.CC(C)OCC1C[CH-]C(O)CC1OP(C)(=O)OC(C)C.CC(C)OCC1C[CH-]C(O)CC1OP(C)(=O)OC(C)C.CC(C)OCC1C[CH-]CC(O)C1OP(C)(=O)OC(C)C.CC(C)OCC1C[CH-]CC(O)C1OP(C)(=O)OC(C)C.CC(C)OCC1C[CH-]CCC1OP(C)(=O)OC(C)C.[Ba+2].[Ba+2].[Ba+2].[Ba+2].[Ba+2].[Ba+2].[H-].[H-].[H-].[H-].[H-].[H-]. The van der Waals surface area contributed by atoms with E-state index in [4.69, 9.17) is 82.7 Å². The first-order valence-corrected chi connectivity index (χ1v) is 54.9. The maximum Gasteiger partial charge on any atom is 2.00 e. The Balaban J connectivity index is -0.000000125. The fourth-order valence-electron chi connectivity index (χ4n) is 13.7. The third kappa shape index (κ3) is 72.8. The third-order valence-electron chi connectivity index (χ3n) is 18.0. The number of ether oxygens (including phenoxy) is 6. The predicted octanol–water partition coefficient (Wildman–Crippen LogP) is 18.3. The molecule has 0 radical (unpaired) electrons. The monoisotopic (exact) mass is 2630 g/mol. The van der Waals surface area contributed by atoms with Gasteiger partial charge in [0.05, 0.1) is 128 Å². The summed E-state index contributed by atoms with van der Waals surface area (Å²) in [7, 11) is -18.5. The zero-order chi connectivity index (χ0) is 89.6. The van der Waals surface area contributed by atoms with Crippen LogP contribution in [-0.2, 0) is 110 Å². The molecule has 6 rings (SSSR count). The van der Waals surface area contributed by atoms with Crippen LogP contribution in [0, 0.1) is 68.1 Å². The van der Waals surface area contributed by atoms with Gasteiger partial charge in [0.2, 0.25) is 0 Å². The van der Waals surface area contributed by atoms with E-state index < -0.39 is 82.2 Å². The smallest absolute Gasteiger partial charge is 1.00 e. The summed E-state index contributed by atoms with van der Waals surface area (Å²) in [5.41, 5.74) is 0. The van der Waals surface area contributed by atoms with Gasteiger partial charge in [0, 0.05) is 73.0 Å². The molecule has 22 atom stereocenters. The summed E-state index contributed by atoms with van der Waals surface area (Å²) < 4.78 is 174. The van der Waals surface area contributed by atoms with Crippen LogP contribution in [0.1, 0.15) is 265 Å². The Kier molecular flexibility index (Phi) is 88.3. The minimum atomic E-state index is -3.17. The van der Waals surface area contributed by atoms with Crippen molar-refractivity contribution in [2.45, 2.75) is 396 Å². The Morgan fingerprint density at radius 2 is 0.512 bits per heavy atom. The molecule has 6 aliphatic carbocycles. The van der Waals surface area contributed by atoms with Gasteiger partial charge in [-0.15, -0.1) is 6.42 Å². The van der Waals surface area contributed by atoms with Crippen LogP contribution in [-0.4, -0.2) is 527 Å². The molecule has 28 nitrogen and oxygen atoms in total. The minimum Gasteiger partial charge on any atom is -1.00 e. The molecule has 0 aromatic heterocycles. The van der Waals surface area contributed by atoms with E-state index >= 15 is 0 Å². The van der Waals surface area contributed by atoms with Gasteiger partial charge in [-0.25, -0.2) is 0 Å². The van der Waals surface area contributed by atoms with Crippen molar-refractivity contribution in [1.82, 2.24) is 0 Å². The topological polar surface area (TPSA) is 349 Å². The summed E-state index contributed by atoms with van der Waals surface area (Å²) in [5.74, 6) is 0.491. The molecular weight excluding hydrogens is 2450 g/mol. The average molecular weight is 2630 g/mol. The zero-order valence-corrected chi connectivity index (χ0v) is 114. The third-order valence-corrected chi connectivity index (χ3v) is 26.7. The summed E-state index contributed by atoms with van der Waals surface area (Å²) in [4.78, 5) is 0. The van der Waals surface area contributed by atoms with Crippen molar-refractivity contribution in [2.24, 2.45) is 29.6 Å². The van der Waals surface area contributed by atoms with Crippen molar-refractivity contribution < 1.29 is 139 Å². The van der Waals surface area contributed by atoms with Gasteiger partial charge in [-0.3, -0.25) is 40.2 Å². The predicted molar refractivity (Wildman–Crippen MR) is 506 cm³/mol. The summed E-state index contributed by atoms with van der Waals surface area (Å²) in [5, 5.41) is 39.7. The fraction of sp³-hybridized carbons (Fsp3) is 0.928. The molecule has 0 bridgehead atoms. The maximum absolute atomic E-state index is 12.3. The van der Waals surface area contributed by atoms with Gasteiger partial charge >= 0.3 is 339 Å². The van der Waals surface area contributed by atoms with Crippen LogP contribution in [0.5, 0.6) is 0 Å². The Morgan fingerprint density at radius 3 is 0.789 bits per heavy atom. The average Bonchev–Trinajstić information content (AvgIpc) is 0.817. The number of hydrogen-bond donors (Lipinski definition) is 4. The Morgan fingerprint density at radius 1 is 0.276 bits per heavy atom. The molecule has 4 N–H and O–H groups in total. The number of hydrogen-bond acceptors (Lipinski definition) is 28. The van der Waals surface area contributed by atoms with Gasteiger partial charge in [0.15, 0.2) is 0 Å². The van der Waals surface area contributed by atoms with E-state index in [-0.39, 0.29) is 435 Å². The number of aliphatic hydroxyl groups excluding tert-OH is 4. The molecule has 0 aromatic carbocycles. The van der Waals surface area contributed by atoms with Gasteiger partial charge < -0.3 is 137 Å². The van der Waals surface area contributed by atoms with Crippen molar-refractivity contribution in [1.29, 1.82) is 0 Å². The number of aliphatic hydroxyl groups is 4. The Labute approximate surface area is 998 Å². The number of rotatable bonds is 41. The van der Waals surface area contributed by atoms with Gasteiger partial charge in [0.25, 0.3) is 0 Å². The molecule has 123 heavy (non-hydrogen) atoms. The fourth-order valence-corrected chi connectivity index (χ4v) is 23.1.